The van der Waals surface area contributed by atoms with Crippen LogP contribution in [0.15, 0.2) is 68.4 Å². The predicted octanol–water partition coefficient (Wildman–Crippen LogP) is 4.12. The highest BCUT2D eigenvalue weighted by atomic mass is 16.5. The summed E-state index contributed by atoms with van der Waals surface area (Å²) in [5, 5.41) is 0.419. The lowest BCUT2D eigenvalue weighted by Gasteiger charge is -2.04. The van der Waals surface area contributed by atoms with Crippen LogP contribution >= 0.6 is 0 Å². The van der Waals surface area contributed by atoms with Gasteiger partial charge in [0, 0.05) is 11.6 Å². The molecule has 4 aromatic rings. The molecule has 0 atom stereocenters. The second kappa shape index (κ2) is 7.63. The fraction of sp³-hybridized carbons (Fsp3) is 0.136. The second-order valence-electron chi connectivity index (χ2n) is 6.42. The molecule has 29 heavy (non-hydrogen) atoms. The highest BCUT2D eigenvalue weighted by Gasteiger charge is 2.15. The molecule has 0 spiro atoms. The average Bonchev–Trinajstić information content (AvgIpc) is 3.21. The summed E-state index contributed by atoms with van der Waals surface area (Å²) >= 11 is 0. The van der Waals surface area contributed by atoms with Crippen molar-refractivity contribution < 1.29 is 23.1 Å². The van der Waals surface area contributed by atoms with Gasteiger partial charge in [-0.3, -0.25) is 4.79 Å². The van der Waals surface area contributed by atoms with Crippen LogP contribution in [-0.4, -0.2) is 18.1 Å². The van der Waals surface area contributed by atoms with E-state index in [9.17, 15) is 9.59 Å². The highest BCUT2D eigenvalue weighted by molar-refractivity contribution is 5.89. The van der Waals surface area contributed by atoms with E-state index in [1.807, 2.05) is 19.1 Å². The number of esters is 1. The summed E-state index contributed by atoms with van der Waals surface area (Å²) in [7, 11) is 1.59. The molecular weight excluding hydrogens is 374 g/mol. The number of hydrogen-bond donors (Lipinski definition) is 0. The van der Waals surface area contributed by atoms with Gasteiger partial charge >= 0.3 is 5.97 Å². The Hall–Kier alpha value is -3.87. The molecule has 0 amide bonds. The number of rotatable bonds is 5. The van der Waals surface area contributed by atoms with E-state index in [1.165, 1.54) is 6.26 Å². The van der Waals surface area contributed by atoms with Crippen LogP contribution in [0.3, 0.4) is 0 Å². The monoisotopic (exact) mass is 391 g/mol. The summed E-state index contributed by atoms with van der Waals surface area (Å²) in [5.41, 5.74) is 2.16. The minimum absolute atomic E-state index is 0.117. The topological polar surface area (TPSA) is 91.8 Å². The minimum Gasteiger partial charge on any atom is -0.497 e. The Balaban J connectivity index is 1.47. The minimum atomic E-state index is -0.751. The zero-order chi connectivity index (χ0) is 20.4. The molecule has 4 rings (SSSR count). The SMILES string of the molecule is COc1ccc(-c2nc(COC(=O)c3cc(=O)c4cc(C)ccc4o3)co2)cc1. The van der Waals surface area contributed by atoms with E-state index in [0.717, 1.165) is 22.9 Å². The number of benzene rings is 2. The van der Waals surface area contributed by atoms with Crippen LogP contribution < -0.4 is 10.2 Å². The maximum atomic E-state index is 12.3. The van der Waals surface area contributed by atoms with Crippen LogP contribution in [0.5, 0.6) is 5.75 Å². The fourth-order valence-corrected chi connectivity index (χ4v) is 2.82. The van der Waals surface area contributed by atoms with E-state index in [4.69, 9.17) is 18.3 Å². The quantitative estimate of drug-likeness (QED) is 0.473. The molecule has 0 radical (unpaired) electrons. The number of carbonyl (C=O) groups excluding carboxylic acids is 1. The van der Waals surface area contributed by atoms with E-state index in [-0.39, 0.29) is 17.8 Å². The Labute approximate surface area is 165 Å². The summed E-state index contributed by atoms with van der Waals surface area (Å²) in [6.07, 6.45) is 1.41. The number of aromatic nitrogens is 1. The van der Waals surface area contributed by atoms with E-state index < -0.39 is 5.97 Å². The summed E-state index contributed by atoms with van der Waals surface area (Å²) in [5.74, 6) is 0.205. The van der Waals surface area contributed by atoms with E-state index in [0.29, 0.717) is 22.6 Å². The third-order valence-corrected chi connectivity index (χ3v) is 4.32. The third kappa shape index (κ3) is 3.89. The lowest BCUT2D eigenvalue weighted by molar-refractivity contribution is 0.0431. The molecule has 2 aromatic carbocycles. The van der Waals surface area contributed by atoms with Crippen LogP contribution in [0.4, 0.5) is 0 Å². The number of ether oxygens (including phenoxy) is 2. The van der Waals surface area contributed by atoms with Gasteiger partial charge in [0.1, 0.15) is 29.9 Å². The van der Waals surface area contributed by atoms with E-state index in [2.05, 4.69) is 4.98 Å². The van der Waals surface area contributed by atoms with Gasteiger partial charge in [-0.15, -0.1) is 0 Å². The summed E-state index contributed by atoms with van der Waals surface area (Å²) in [4.78, 5) is 28.8. The molecule has 0 aliphatic rings. The van der Waals surface area contributed by atoms with Gasteiger partial charge in [-0.1, -0.05) is 11.6 Å². The van der Waals surface area contributed by atoms with Crippen LogP contribution in [0, 0.1) is 6.92 Å². The predicted molar refractivity (Wildman–Crippen MR) is 105 cm³/mol. The van der Waals surface area contributed by atoms with Gasteiger partial charge in [0.05, 0.1) is 12.5 Å². The molecule has 0 bridgehead atoms. The molecule has 2 heterocycles. The maximum Gasteiger partial charge on any atom is 0.374 e. The van der Waals surface area contributed by atoms with Crippen LogP contribution in [0.1, 0.15) is 21.8 Å². The second-order valence-corrected chi connectivity index (χ2v) is 6.42. The molecule has 7 nitrogen and oxygen atoms in total. The Morgan fingerprint density at radius 1 is 1.10 bits per heavy atom. The first-order chi connectivity index (χ1) is 14.0. The van der Waals surface area contributed by atoms with Gasteiger partial charge < -0.3 is 18.3 Å². The Morgan fingerprint density at radius 2 is 1.90 bits per heavy atom. The van der Waals surface area contributed by atoms with Crippen molar-refractivity contribution in [2.45, 2.75) is 13.5 Å². The summed E-state index contributed by atoms with van der Waals surface area (Å²) in [6, 6.07) is 13.5. The smallest absolute Gasteiger partial charge is 0.374 e. The Bertz CT molecular complexity index is 1240. The van der Waals surface area contributed by atoms with E-state index in [1.54, 1.807) is 37.4 Å². The van der Waals surface area contributed by atoms with Gasteiger partial charge in [0.15, 0.2) is 5.43 Å². The van der Waals surface area contributed by atoms with Crippen LogP contribution in [0.25, 0.3) is 22.4 Å². The highest BCUT2D eigenvalue weighted by Crippen LogP contribution is 2.22. The van der Waals surface area contributed by atoms with Crippen molar-refractivity contribution >= 4 is 16.9 Å². The molecule has 0 saturated carbocycles. The number of nitrogens with zero attached hydrogens (tertiary/aromatic N) is 1. The number of aryl methyl sites for hydroxylation is 1. The van der Waals surface area contributed by atoms with E-state index >= 15 is 0 Å². The lowest BCUT2D eigenvalue weighted by atomic mass is 10.1. The Kier molecular flexibility index (Phi) is 4.87. The van der Waals surface area contributed by atoms with Crippen molar-refractivity contribution in [1.29, 1.82) is 0 Å². The van der Waals surface area contributed by atoms with Gasteiger partial charge in [-0.2, -0.15) is 0 Å². The van der Waals surface area contributed by atoms with Crippen molar-refractivity contribution in [2.75, 3.05) is 7.11 Å². The fourth-order valence-electron chi connectivity index (χ4n) is 2.82. The van der Waals surface area contributed by atoms with Crippen molar-refractivity contribution in [3.63, 3.8) is 0 Å². The molecule has 0 saturated heterocycles. The number of carbonyl (C=O) groups is 1. The van der Waals surface area contributed by atoms with Crippen molar-refractivity contribution in [2.24, 2.45) is 0 Å². The molecular formula is C22H17NO6. The standard InChI is InChI=1S/C22H17NO6/c1-13-3-8-19-17(9-13)18(24)10-20(29-19)22(25)28-12-15-11-27-21(23-15)14-4-6-16(26-2)7-5-14/h3-11H,12H2,1-2H3. The summed E-state index contributed by atoms with van der Waals surface area (Å²) in [6.45, 7) is 1.76. The zero-order valence-corrected chi connectivity index (χ0v) is 15.8. The third-order valence-electron chi connectivity index (χ3n) is 4.32. The molecule has 0 fully saturated rings. The molecule has 0 unspecified atom stereocenters. The van der Waals surface area contributed by atoms with Gasteiger partial charge in [-0.05, 0) is 43.3 Å². The van der Waals surface area contributed by atoms with Gasteiger partial charge in [-0.25, -0.2) is 9.78 Å². The molecule has 0 aliphatic carbocycles. The molecule has 0 aliphatic heterocycles. The summed E-state index contributed by atoms with van der Waals surface area (Å²) < 4.78 is 21.3. The number of methoxy groups -OCH3 is 1. The van der Waals surface area contributed by atoms with Gasteiger partial charge in [0.25, 0.3) is 0 Å². The number of hydrogen-bond acceptors (Lipinski definition) is 7. The normalized spacial score (nSPS) is 10.8. The molecule has 7 heteroatoms. The zero-order valence-electron chi connectivity index (χ0n) is 15.8. The largest absolute Gasteiger partial charge is 0.497 e. The molecule has 2 aromatic heterocycles. The van der Waals surface area contributed by atoms with Crippen LogP contribution in [0.2, 0.25) is 0 Å². The lowest BCUT2D eigenvalue weighted by Crippen LogP contribution is -2.10. The Morgan fingerprint density at radius 3 is 2.66 bits per heavy atom. The van der Waals surface area contributed by atoms with Gasteiger partial charge in [0.2, 0.25) is 11.7 Å². The maximum absolute atomic E-state index is 12.3. The van der Waals surface area contributed by atoms with Crippen molar-refractivity contribution in [1.82, 2.24) is 4.98 Å². The van der Waals surface area contributed by atoms with Crippen molar-refractivity contribution in [3.05, 3.63) is 82.0 Å². The number of oxazole rings is 1. The molecule has 146 valence electrons. The number of fused-ring (bicyclic) bond motifs is 1. The first-order valence-corrected chi connectivity index (χ1v) is 8.84. The first kappa shape index (κ1) is 18.5. The average molecular weight is 391 g/mol. The van der Waals surface area contributed by atoms with Crippen LogP contribution in [-0.2, 0) is 11.3 Å². The molecule has 0 N–H and O–H groups in total. The van der Waals surface area contributed by atoms with Crippen molar-refractivity contribution in [3.8, 4) is 17.2 Å². The first-order valence-electron chi connectivity index (χ1n) is 8.84.